The number of benzene rings is 12. The Labute approximate surface area is 525 Å². The molecule has 0 aliphatic rings. The number of hydrogen-bond acceptors (Lipinski definition) is 7. The van der Waals surface area contributed by atoms with Crippen LogP contribution in [0.25, 0.3) is 145 Å². The van der Waals surface area contributed by atoms with Crippen molar-refractivity contribution in [3.8, 4) is 125 Å². The van der Waals surface area contributed by atoms with Crippen molar-refractivity contribution in [2.45, 2.75) is 6.18 Å². The SMILES string of the molecule is N#Cc1ccc(-c2ccc3c(c2)c2cc(-c4ccc(C#N)cc4)ccc2n3-c2cc(-c3nc(-c4ccccc4)nc(-c4ccccc4)n3)ccc2-c2ccc(C(F)(F)F)cc2-n2c3ccc(-c4ccc(C#N)cc4)cc3c3cc(-c4ccc(C#N)cc4)ccc32)cc1. The second kappa shape index (κ2) is 22.6. The van der Waals surface area contributed by atoms with Crippen LogP contribution in [0.3, 0.4) is 0 Å². The van der Waals surface area contributed by atoms with Crippen molar-refractivity contribution < 1.29 is 13.2 Å². The summed E-state index contributed by atoms with van der Waals surface area (Å²) in [5, 5.41) is 42.1. The van der Waals surface area contributed by atoms with Gasteiger partial charge in [-0.1, -0.05) is 152 Å². The van der Waals surface area contributed by atoms with Crippen LogP contribution in [-0.4, -0.2) is 24.1 Å². The fourth-order valence-corrected chi connectivity index (χ4v) is 12.4. The summed E-state index contributed by atoms with van der Waals surface area (Å²) in [7, 11) is 0. The minimum absolute atomic E-state index is 0.260. The van der Waals surface area contributed by atoms with E-state index in [2.05, 4.69) is 53.1 Å². The van der Waals surface area contributed by atoms with Crippen molar-refractivity contribution in [2.24, 2.45) is 0 Å². The van der Waals surface area contributed by atoms with Crippen LogP contribution >= 0.6 is 0 Å². The number of nitrogens with zero attached hydrogens (tertiary/aromatic N) is 9. The molecule has 9 nitrogen and oxygen atoms in total. The average molecular weight is 1190 g/mol. The van der Waals surface area contributed by atoms with E-state index < -0.39 is 11.7 Å². The van der Waals surface area contributed by atoms with Gasteiger partial charge in [0.1, 0.15) is 0 Å². The summed E-state index contributed by atoms with van der Waals surface area (Å²) in [5.74, 6) is 1.26. The molecular formula is C80H44F3N9. The molecule has 0 aliphatic carbocycles. The Bertz CT molecular complexity index is 5340. The summed E-state index contributed by atoms with van der Waals surface area (Å²) in [4.78, 5) is 15.4. The molecule has 92 heavy (non-hydrogen) atoms. The summed E-state index contributed by atoms with van der Waals surface area (Å²) in [6.07, 6.45) is -4.75. The predicted molar refractivity (Wildman–Crippen MR) is 356 cm³/mol. The van der Waals surface area contributed by atoms with Crippen LogP contribution in [0.5, 0.6) is 0 Å². The van der Waals surface area contributed by atoms with Gasteiger partial charge in [-0.3, -0.25) is 0 Å². The monoisotopic (exact) mass is 1190 g/mol. The maximum Gasteiger partial charge on any atom is 0.416 e. The molecule has 0 N–H and O–H groups in total. The van der Waals surface area contributed by atoms with E-state index in [1.807, 2.05) is 180 Å². The van der Waals surface area contributed by atoms with Crippen molar-refractivity contribution in [2.75, 3.05) is 0 Å². The highest BCUT2D eigenvalue weighted by atomic mass is 19.4. The zero-order valence-corrected chi connectivity index (χ0v) is 48.6. The van der Waals surface area contributed by atoms with Gasteiger partial charge in [0.15, 0.2) is 17.5 Å². The number of halogens is 3. The van der Waals surface area contributed by atoms with Crippen LogP contribution in [0.1, 0.15) is 27.8 Å². The first kappa shape index (κ1) is 55.6. The summed E-state index contributed by atoms with van der Waals surface area (Å²) in [6.45, 7) is 0. The fourth-order valence-electron chi connectivity index (χ4n) is 12.4. The molecule has 0 unspecified atom stereocenters. The summed E-state index contributed by atoms with van der Waals surface area (Å²) in [6, 6.07) is 91.8. The Kier molecular flexibility index (Phi) is 13.7. The minimum atomic E-state index is -4.75. The number of alkyl halides is 3. The van der Waals surface area contributed by atoms with Gasteiger partial charge in [-0.15, -0.1) is 0 Å². The van der Waals surface area contributed by atoms with Gasteiger partial charge in [0.25, 0.3) is 0 Å². The molecule has 430 valence electrons. The third-order valence-corrected chi connectivity index (χ3v) is 17.0. The maximum atomic E-state index is 15.6. The third-order valence-electron chi connectivity index (χ3n) is 17.0. The van der Waals surface area contributed by atoms with E-state index in [-0.39, 0.29) is 5.69 Å². The van der Waals surface area contributed by atoms with Crippen molar-refractivity contribution >= 4 is 43.6 Å². The Balaban J connectivity index is 1.03. The van der Waals surface area contributed by atoms with Gasteiger partial charge in [-0.25, -0.2) is 15.0 Å². The number of fused-ring (bicyclic) bond motifs is 6. The lowest BCUT2D eigenvalue weighted by atomic mass is 9.96. The highest BCUT2D eigenvalue weighted by molar-refractivity contribution is 6.14. The third kappa shape index (κ3) is 9.99. The Morgan fingerprint density at radius 3 is 0.870 bits per heavy atom. The first-order valence-corrected chi connectivity index (χ1v) is 29.4. The van der Waals surface area contributed by atoms with Crippen molar-refractivity contribution in [3.63, 3.8) is 0 Å². The molecule has 0 amide bonds. The van der Waals surface area contributed by atoms with Crippen LogP contribution in [-0.2, 0) is 6.18 Å². The number of hydrogen-bond donors (Lipinski definition) is 0. The smallest absolute Gasteiger partial charge is 0.309 e. The molecule has 3 heterocycles. The van der Waals surface area contributed by atoms with Crippen LogP contribution in [0, 0.1) is 45.3 Å². The molecule has 15 aromatic rings. The Hall–Kier alpha value is -13.0. The first-order valence-electron chi connectivity index (χ1n) is 29.4. The topological polar surface area (TPSA) is 144 Å². The quantitative estimate of drug-likeness (QED) is 0.133. The van der Waals surface area contributed by atoms with Gasteiger partial charge in [0.2, 0.25) is 0 Å². The molecule has 0 saturated carbocycles. The van der Waals surface area contributed by atoms with Crippen LogP contribution in [0.4, 0.5) is 13.2 Å². The molecule has 0 saturated heterocycles. The molecular weight excluding hydrogens is 1140 g/mol. The van der Waals surface area contributed by atoms with Gasteiger partial charge in [-0.05, 0) is 160 Å². The van der Waals surface area contributed by atoms with Crippen molar-refractivity contribution in [1.82, 2.24) is 24.1 Å². The maximum absolute atomic E-state index is 15.6. The lowest BCUT2D eigenvalue weighted by Gasteiger charge is -2.21. The molecule has 0 aliphatic heterocycles. The largest absolute Gasteiger partial charge is 0.416 e. The first-order chi connectivity index (χ1) is 45.0. The Morgan fingerprint density at radius 2 is 0.554 bits per heavy atom. The second-order valence-corrected chi connectivity index (χ2v) is 22.4. The summed E-state index contributed by atoms with van der Waals surface area (Å²) in [5.41, 5.74) is 15.1. The second-order valence-electron chi connectivity index (χ2n) is 22.4. The lowest BCUT2D eigenvalue weighted by molar-refractivity contribution is -0.137. The Morgan fingerprint density at radius 1 is 0.272 bits per heavy atom. The van der Waals surface area contributed by atoms with Gasteiger partial charge >= 0.3 is 6.18 Å². The van der Waals surface area contributed by atoms with E-state index in [4.69, 9.17) is 15.0 Å². The highest BCUT2D eigenvalue weighted by Crippen LogP contribution is 2.46. The van der Waals surface area contributed by atoms with Gasteiger partial charge in [-0.2, -0.15) is 34.2 Å². The van der Waals surface area contributed by atoms with E-state index in [0.717, 1.165) is 94.3 Å². The molecule has 12 heteroatoms. The number of nitriles is 4. The molecule has 12 aromatic carbocycles. The van der Waals surface area contributed by atoms with E-state index in [1.165, 1.54) is 6.07 Å². The van der Waals surface area contributed by atoms with E-state index >= 15 is 13.2 Å². The van der Waals surface area contributed by atoms with E-state index in [0.29, 0.717) is 73.1 Å². The molecule has 0 radical (unpaired) electrons. The minimum Gasteiger partial charge on any atom is -0.309 e. The molecule has 3 aromatic heterocycles. The number of aromatic nitrogens is 5. The van der Waals surface area contributed by atoms with E-state index in [9.17, 15) is 21.0 Å². The van der Waals surface area contributed by atoms with Crippen LogP contribution in [0.2, 0.25) is 0 Å². The van der Waals surface area contributed by atoms with Crippen molar-refractivity contribution in [1.29, 1.82) is 21.0 Å². The molecule has 0 atom stereocenters. The van der Waals surface area contributed by atoms with Gasteiger partial charge < -0.3 is 9.13 Å². The summed E-state index contributed by atoms with van der Waals surface area (Å²) >= 11 is 0. The van der Waals surface area contributed by atoms with Crippen LogP contribution in [0.15, 0.2) is 267 Å². The lowest BCUT2D eigenvalue weighted by Crippen LogP contribution is -2.08. The summed E-state index contributed by atoms with van der Waals surface area (Å²) < 4.78 is 51.0. The molecule has 0 spiro atoms. The molecule has 0 bridgehead atoms. The normalized spacial score (nSPS) is 11.4. The zero-order valence-electron chi connectivity index (χ0n) is 48.6. The average Bonchev–Trinajstić information content (AvgIpc) is 1.54. The van der Waals surface area contributed by atoms with Gasteiger partial charge in [0.05, 0.1) is 85.5 Å². The molecule has 15 rings (SSSR count). The highest BCUT2D eigenvalue weighted by Gasteiger charge is 2.33. The predicted octanol–water partition coefficient (Wildman–Crippen LogP) is 19.9. The fraction of sp³-hybridized carbons (Fsp3) is 0.0125. The molecule has 0 fully saturated rings. The zero-order chi connectivity index (χ0) is 62.6. The van der Waals surface area contributed by atoms with Crippen LogP contribution < -0.4 is 0 Å². The number of rotatable bonds is 10. The standard InChI is InChI=1S/C80H44F3N9/c81-80(82,83)64-32-34-66(76(44-64)92-73-37-30-61(55-23-15-51(47-86)16-24-55)41-69(73)70-42-62(31-38-74(70)92)56-25-17-52(48-87)18-26-56)65-33-27-63(79-89-77(57-7-3-1-4-8-57)88-78(90-79)58-9-5-2-6-10-58)43-75(65)91-71-35-28-59(53-19-11-49(45-84)12-20-53)39-67(71)68-40-60(29-36-72(68)91)54-21-13-50(46-85)14-22-54/h1-44H. The van der Waals surface area contributed by atoms with Crippen molar-refractivity contribution in [3.05, 3.63) is 295 Å². The van der Waals surface area contributed by atoms with E-state index in [1.54, 1.807) is 54.6 Å². The van der Waals surface area contributed by atoms with Gasteiger partial charge in [0, 0.05) is 49.4 Å².